The van der Waals surface area contributed by atoms with Crippen LogP contribution < -0.4 is 9.64 Å². The van der Waals surface area contributed by atoms with E-state index in [4.69, 9.17) is 4.74 Å². The van der Waals surface area contributed by atoms with Gasteiger partial charge in [-0.2, -0.15) is 0 Å². The number of anilines is 1. The van der Waals surface area contributed by atoms with Gasteiger partial charge in [0.25, 0.3) is 0 Å². The molecule has 8 rings (SSSR count). The predicted octanol–water partition coefficient (Wildman–Crippen LogP) is 5.17. The molecular formula is C31H25NO4. The van der Waals surface area contributed by atoms with Crippen LogP contribution in [-0.4, -0.2) is 24.2 Å². The third-order valence-corrected chi connectivity index (χ3v) is 8.42. The fourth-order valence-electron chi connectivity index (χ4n) is 6.64. The van der Waals surface area contributed by atoms with E-state index in [-0.39, 0.29) is 47.9 Å². The van der Waals surface area contributed by atoms with Gasteiger partial charge in [-0.15, -0.1) is 0 Å². The topological polar surface area (TPSA) is 63.7 Å². The first-order valence-electron chi connectivity index (χ1n) is 12.6. The zero-order valence-corrected chi connectivity index (χ0v) is 19.6. The Bertz CT molecular complexity index is 1370. The molecule has 0 aromatic heterocycles. The van der Waals surface area contributed by atoms with E-state index in [1.54, 1.807) is 36.4 Å². The van der Waals surface area contributed by atoms with Gasteiger partial charge in [-0.05, 0) is 53.4 Å². The summed E-state index contributed by atoms with van der Waals surface area (Å²) in [5.41, 5.74) is 3.23. The van der Waals surface area contributed by atoms with Crippen molar-refractivity contribution in [2.24, 2.45) is 35.5 Å². The highest BCUT2D eigenvalue weighted by atomic mass is 16.5. The molecule has 178 valence electrons. The van der Waals surface area contributed by atoms with Gasteiger partial charge in [0, 0.05) is 11.6 Å². The lowest BCUT2D eigenvalue weighted by Crippen LogP contribution is -2.40. The minimum atomic E-state index is -0.235. The van der Waals surface area contributed by atoms with E-state index >= 15 is 0 Å². The average Bonchev–Trinajstić information content (AvgIpc) is 3.71. The first kappa shape index (κ1) is 21.3. The predicted molar refractivity (Wildman–Crippen MR) is 135 cm³/mol. The molecule has 1 saturated heterocycles. The van der Waals surface area contributed by atoms with Crippen LogP contribution in [0.15, 0.2) is 91.0 Å². The molecule has 2 bridgehead atoms. The van der Waals surface area contributed by atoms with Crippen LogP contribution in [0.2, 0.25) is 0 Å². The summed E-state index contributed by atoms with van der Waals surface area (Å²) in [5, 5.41) is 0. The van der Waals surface area contributed by atoms with Crippen molar-refractivity contribution >= 4 is 23.3 Å². The number of rotatable bonds is 6. The first-order valence-corrected chi connectivity index (χ1v) is 12.6. The highest BCUT2D eigenvalue weighted by molar-refractivity contribution is 6.22. The number of carbonyl (C=O) groups is 3. The van der Waals surface area contributed by atoms with Gasteiger partial charge in [-0.25, -0.2) is 4.90 Å². The molecule has 0 spiro atoms. The Kier molecular flexibility index (Phi) is 4.75. The molecule has 1 heterocycles. The smallest absolute Gasteiger partial charge is 0.238 e. The monoisotopic (exact) mass is 475 g/mol. The lowest BCUT2D eigenvalue weighted by Gasteiger charge is -2.37. The molecule has 3 fully saturated rings. The van der Waals surface area contributed by atoms with Crippen LogP contribution in [-0.2, 0) is 9.59 Å². The summed E-state index contributed by atoms with van der Waals surface area (Å²) in [5.74, 6) is 1.18. The number of allylic oxidation sites excluding steroid dienone is 2. The Hall–Kier alpha value is -3.99. The van der Waals surface area contributed by atoms with Crippen molar-refractivity contribution in [3.05, 3.63) is 96.6 Å². The average molecular weight is 476 g/mol. The van der Waals surface area contributed by atoms with E-state index < -0.39 is 0 Å². The fourth-order valence-corrected chi connectivity index (χ4v) is 6.64. The third-order valence-electron chi connectivity index (χ3n) is 8.42. The molecule has 0 unspecified atom stereocenters. The quantitative estimate of drug-likeness (QED) is 0.280. The van der Waals surface area contributed by atoms with Gasteiger partial charge >= 0.3 is 0 Å². The summed E-state index contributed by atoms with van der Waals surface area (Å²) in [6.07, 6.45) is 5.49. The maximum Gasteiger partial charge on any atom is 0.238 e. The highest BCUT2D eigenvalue weighted by Gasteiger charge is 2.67. The van der Waals surface area contributed by atoms with Crippen LogP contribution in [0.1, 0.15) is 16.8 Å². The molecule has 36 heavy (non-hydrogen) atoms. The number of benzene rings is 3. The van der Waals surface area contributed by atoms with Gasteiger partial charge < -0.3 is 4.74 Å². The van der Waals surface area contributed by atoms with Gasteiger partial charge in [0.2, 0.25) is 11.8 Å². The van der Waals surface area contributed by atoms with Crippen molar-refractivity contribution in [2.45, 2.75) is 6.42 Å². The fraction of sp³-hybridized carbons (Fsp3) is 0.258. The molecule has 0 N–H and O–H groups in total. The summed E-state index contributed by atoms with van der Waals surface area (Å²) >= 11 is 0. The number of ketones is 1. The first-order chi connectivity index (χ1) is 17.6. The molecule has 4 aliphatic carbocycles. The van der Waals surface area contributed by atoms with Crippen LogP contribution in [0.5, 0.6) is 5.75 Å². The van der Waals surface area contributed by atoms with Gasteiger partial charge in [0.05, 0.1) is 17.5 Å². The zero-order valence-electron chi connectivity index (χ0n) is 19.6. The largest absolute Gasteiger partial charge is 0.485 e. The molecule has 2 saturated carbocycles. The Morgan fingerprint density at radius 2 is 1.42 bits per heavy atom. The third kappa shape index (κ3) is 3.26. The summed E-state index contributed by atoms with van der Waals surface area (Å²) in [6, 6.07) is 24.4. The second kappa shape index (κ2) is 8.02. The second-order valence-corrected chi connectivity index (χ2v) is 10.3. The zero-order chi connectivity index (χ0) is 24.4. The number of ether oxygens (including phenoxy) is 1. The van der Waals surface area contributed by atoms with E-state index in [9.17, 15) is 14.4 Å². The number of Topliss-reactive ketones (excluding diaryl/α,β-unsaturated/α-hetero) is 1. The van der Waals surface area contributed by atoms with E-state index in [1.165, 1.54) is 4.90 Å². The Balaban J connectivity index is 1.05. The van der Waals surface area contributed by atoms with Crippen LogP contribution >= 0.6 is 0 Å². The number of imide groups is 1. The Morgan fingerprint density at radius 3 is 2.08 bits per heavy atom. The molecule has 2 amide bonds. The number of hydrogen-bond acceptors (Lipinski definition) is 4. The van der Waals surface area contributed by atoms with Crippen molar-refractivity contribution in [1.82, 2.24) is 0 Å². The summed E-state index contributed by atoms with van der Waals surface area (Å²) in [7, 11) is 0. The van der Waals surface area contributed by atoms with E-state index in [0.29, 0.717) is 28.8 Å². The van der Waals surface area contributed by atoms with Gasteiger partial charge in [-0.1, -0.05) is 72.8 Å². The van der Waals surface area contributed by atoms with E-state index in [0.717, 1.165) is 17.5 Å². The van der Waals surface area contributed by atoms with Gasteiger partial charge in [0.1, 0.15) is 5.75 Å². The minimum absolute atomic E-state index is 0.0959. The molecule has 0 radical (unpaired) electrons. The molecule has 5 aliphatic rings. The Morgan fingerprint density at radius 1 is 0.778 bits per heavy atom. The molecule has 1 aliphatic heterocycles. The number of amides is 2. The molecule has 5 nitrogen and oxygen atoms in total. The summed E-state index contributed by atoms with van der Waals surface area (Å²) in [4.78, 5) is 40.8. The van der Waals surface area contributed by atoms with Crippen LogP contribution in [0, 0.1) is 35.5 Å². The molecule has 6 atom stereocenters. The minimum Gasteiger partial charge on any atom is -0.485 e. The highest BCUT2D eigenvalue weighted by Crippen LogP contribution is 2.65. The standard InChI is InChI=1S/C31H25NO4/c33-27(20-11-9-19(10-12-20)18-5-2-1-3-6-18)17-36-22-8-4-7-21(15-22)32-30(34)28-23-13-14-24(26-16-25(23)26)29(28)31(32)35/h1-15,23-26,28-29H,16-17H2/t23-,24-,25-,26-,28-,29+/m0/s1. The molecular weight excluding hydrogens is 450 g/mol. The number of carbonyl (C=O) groups excluding carboxylic acids is 3. The summed E-state index contributed by atoms with van der Waals surface area (Å²) in [6.45, 7) is -0.126. The maximum absolute atomic E-state index is 13.4. The summed E-state index contributed by atoms with van der Waals surface area (Å²) < 4.78 is 5.79. The van der Waals surface area contributed by atoms with E-state index in [1.807, 2.05) is 42.5 Å². The van der Waals surface area contributed by atoms with Crippen LogP contribution in [0.25, 0.3) is 11.1 Å². The van der Waals surface area contributed by atoms with Crippen LogP contribution in [0.4, 0.5) is 5.69 Å². The van der Waals surface area contributed by atoms with Gasteiger partial charge in [0.15, 0.2) is 12.4 Å². The lowest BCUT2D eigenvalue weighted by molar-refractivity contribution is -0.124. The lowest BCUT2D eigenvalue weighted by atomic mass is 9.63. The van der Waals surface area contributed by atoms with Crippen molar-refractivity contribution in [1.29, 1.82) is 0 Å². The number of nitrogens with zero attached hydrogens (tertiary/aromatic N) is 1. The molecule has 5 heteroatoms. The van der Waals surface area contributed by atoms with Crippen molar-refractivity contribution in [2.75, 3.05) is 11.5 Å². The maximum atomic E-state index is 13.4. The Labute approximate surface area is 209 Å². The SMILES string of the molecule is O=C(COc1cccc(N2C(=O)[C@@H]3[C@H]4C=C[C@@H]([C@@H]5C[C@@H]45)[C@@H]3C2=O)c1)c1ccc(-c2ccccc2)cc1. The van der Waals surface area contributed by atoms with Crippen molar-refractivity contribution < 1.29 is 19.1 Å². The number of hydrogen-bond donors (Lipinski definition) is 0. The van der Waals surface area contributed by atoms with Crippen molar-refractivity contribution in [3.63, 3.8) is 0 Å². The normalized spacial score (nSPS) is 29.2. The van der Waals surface area contributed by atoms with Crippen LogP contribution in [0.3, 0.4) is 0 Å². The second-order valence-electron chi connectivity index (χ2n) is 10.3. The molecule has 3 aromatic carbocycles. The van der Waals surface area contributed by atoms with Gasteiger partial charge in [-0.3, -0.25) is 14.4 Å². The molecule has 3 aromatic rings. The van der Waals surface area contributed by atoms with Crippen molar-refractivity contribution in [3.8, 4) is 16.9 Å². The van der Waals surface area contributed by atoms with E-state index in [2.05, 4.69) is 12.2 Å².